The van der Waals surface area contributed by atoms with Crippen LogP contribution < -0.4 is 0 Å². The molecule has 6 nitrogen and oxygen atoms in total. The summed E-state index contributed by atoms with van der Waals surface area (Å²) in [5.74, 6) is 0.486. The van der Waals surface area contributed by atoms with Gasteiger partial charge >= 0.3 is 0 Å². The molecule has 0 aromatic carbocycles. The van der Waals surface area contributed by atoms with Gasteiger partial charge in [-0.1, -0.05) is 0 Å². The van der Waals surface area contributed by atoms with Gasteiger partial charge < -0.3 is 9.80 Å². The summed E-state index contributed by atoms with van der Waals surface area (Å²) < 4.78 is 0. The predicted octanol–water partition coefficient (Wildman–Crippen LogP) is 0.483. The molecule has 6 heteroatoms. The molecular formula is C17H32N4O2. The molecule has 2 heterocycles. The fourth-order valence-electron chi connectivity index (χ4n) is 3.53. The molecule has 0 aromatic heterocycles. The van der Waals surface area contributed by atoms with E-state index < -0.39 is 0 Å². The summed E-state index contributed by atoms with van der Waals surface area (Å²) in [6.07, 6.45) is 2.28. The number of rotatable bonds is 6. The minimum absolute atomic E-state index is 0.0336. The second kappa shape index (κ2) is 8.64. The second-order valence-electron chi connectivity index (χ2n) is 6.59. The summed E-state index contributed by atoms with van der Waals surface area (Å²) in [5.41, 5.74) is 0. The zero-order valence-electron chi connectivity index (χ0n) is 15.0. The molecule has 0 aliphatic carbocycles. The number of likely N-dealkylation sites (N-methyl/N-ethyl adjacent to an activating group) is 1. The van der Waals surface area contributed by atoms with Crippen molar-refractivity contribution in [2.45, 2.75) is 39.7 Å². The van der Waals surface area contributed by atoms with Crippen LogP contribution in [0.25, 0.3) is 0 Å². The molecule has 2 aliphatic heterocycles. The Balaban J connectivity index is 1.76. The number of likely N-dealkylation sites (tertiary alicyclic amines) is 1. The van der Waals surface area contributed by atoms with E-state index in [1.54, 1.807) is 0 Å². The van der Waals surface area contributed by atoms with Crippen molar-refractivity contribution >= 4 is 11.8 Å². The third-order valence-corrected chi connectivity index (χ3v) is 5.20. The van der Waals surface area contributed by atoms with E-state index in [0.717, 1.165) is 65.2 Å². The zero-order chi connectivity index (χ0) is 16.8. The molecule has 2 aliphatic rings. The normalized spacial score (nSPS) is 21.4. The molecule has 2 amide bonds. The number of nitrogens with zero attached hydrogens (tertiary/aromatic N) is 4. The number of hydrogen-bond acceptors (Lipinski definition) is 4. The van der Waals surface area contributed by atoms with Crippen LogP contribution in [0.1, 0.15) is 33.6 Å². The first-order valence-electron chi connectivity index (χ1n) is 9.09. The molecule has 0 spiro atoms. The van der Waals surface area contributed by atoms with Gasteiger partial charge in [-0.05, 0) is 33.6 Å². The van der Waals surface area contributed by atoms with Gasteiger partial charge in [-0.15, -0.1) is 0 Å². The van der Waals surface area contributed by atoms with Crippen LogP contribution >= 0.6 is 0 Å². The van der Waals surface area contributed by atoms with E-state index in [0.29, 0.717) is 6.54 Å². The Labute approximate surface area is 140 Å². The Morgan fingerprint density at radius 1 is 0.957 bits per heavy atom. The summed E-state index contributed by atoms with van der Waals surface area (Å²) in [6, 6.07) is -0.0336. The lowest BCUT2D eigenvalue weighted by Crippen LogP contribution is -2.55. The Kier molecular flexibility index (Phi) is 6.84. The fourth-order valence-corrected chi connectivity index (χ4v) is 3.53. The Bertz CT molecular complexity index is 397. The molecule has 1 atom stereocenters. The first-order valence-corrected chi connectivity index (χ1v) is 9.09. The molecule has 0 aromatic rings. The maximum Gasteiger partial charge on any atom is 0.239 e. The van der Waals surface area contributed by atoms with Gasteiger partial charge in [-0.2, -0.15) is 0 Å². The van der Waals surface area contributed by atoms with Crippen LogP contribution in [-0.2, 0) is 9.59 Å². The van der Waals surface area contributed by atoms with Gasteiger partial charge in [0.15, 0.2) is 0 Å². The lowest BCUT2D eigenvalue weighted by Gasteiger charge is -2.38. The molecule has 0 radical (unpaired) electrons. The largest absolute Gasteiger partial charge is 0.342 e. The first kappa shape index (κ1) is 18.2. The van der Waals surface area contributed by atoms with Gasteiger partial charge in [0.2, 0.25) is 11.8 Å². The van der Waals surface area contributed by atoms with Gasteiger partial charge in [0.1, 0.15) is 0 Å². The van der Waals surface area contributed by atoms with E-state index in [1.165, 1.54) is 0 Å². The van der Waals surface area contributed by atoms with E-state index in [-0.39, 0.29) is 17.9 Å². The summed E-state index contributed by atoms with van der Waals surface area (Å²) >= 11 is 0. The molecule has 2 saturated heterocycles. The van der Waals surface area contributed by atoms with Crippen molar-refractivity contribution < 1.29 is 9.59 Å². The van der Waals surface area contributed by atoms with Crippen molar-refractivity contribution in [2.75, 3.05) is 58.9 Å². The standard InChI is InChI=1S/C17H32N4O2/c1-4-19(5-2)16(22)14-18-10-12-20(13-11-18)15(3)17(23)21-8-6-7-9-21/h15H,4-14H2,1-3H3. The molecule has 2 fully saturated rings. The highest BCUT2D eigenvalue weighted by molar-refractivity contribution is 5.81. The third-order valence-electron chi connectivity index (χ3n) is 5.20. The van der Waals surface area contributed by atoms with E-state index >= 15 is 0 Å². The van der Waals surface area contributed by atoms with E-state index in [4.69, 9.17) is 0 Å². The minimum atomic E-state index is -0.0336. The van der Waals surface area contributed by atoms with Crippen LogP contribution in [0.5, 0.6) is 0 Å². The van der Waals surface area contributed by atoms with E-state index in [1.807, 2.05) is 30.6 Å². The highest BCUT2D eigenvalue weighted by Crippen LogP contribution is 2.14. The molecule has 132 valence electrons. The van der Waals surface area contributed by atoms with Crippen LogP contribution in [-0.4, -0.2) is 96.4 Å². The summed E-state index contributed by atoms with van der Waals surface area (Å²) in [4.78, 5) is 33.0. The average Bonchev–Trinajstić information content (AvgIpc) is 3.10. The summed E-state index contributed by atoms with van der Waals surface area (Å²) in [5, 5.41) is 0. The number of hydrogen-bond donors (Lipinski definition) is 0. The van der Waals surface area contributed by atoms with E-state index in [2.05, 4.69) is 9.80 Å². The van der Waals surface area contributed by atoms with Crippen molar-refractivity contribution in [2.24, 2.45) is 0 Å². The zero-order valence-corrected chi connectivity index (χ0v) is 15.0. The van der Waals surface area contributed by atoms with Crippen LogP contribution in [0.4, 0.5) is 0 Å². The Morgan fingerprint density at radius 3 is 2.04 bits per heavy atom. The van der Waals surface area contributed by atoms with Gasteiger partial charge in [-0.3, -0.25) is 19.4 Å². The summed E-state index contributed by atoms with van der Waals surface area (Å²) in [6.45, 7) is 13.4. The van der Waals surface area contributed by atoms with E-state index in [9.17, 15) is 9.59 Å². The van der Waals surface area contributed by atoms with Gasteiger partial charge in [0.25, 0.3) is 0 Å². The number of piperazine rings is 1. The average molecular weight is 324 g/mol. The van der Waals surface area contributed by atoms with Crippen molar-refractivity contribution in [3.05, 3.63) is 0 Å². The highest BCUT2D eigenvalue weighted by atomic mass is 16.2. The van der Waals surface area contributed by atoms with Crippen LogP contribution in [0.3, 0.4) is 0 Å². The second-order valence-corrected chi connectivity index (χ2v) is 6.59. The fraction of sp³-hybridized carbons (Fsp3) is 0.882. The van der Waals surface area contributed by atoms with Crippen molar-refractivity contribution in [1.82, 2.24) is 19.6 Å². The van der Waals surface area contributed by atoms with Crippen LogP contribution in [0.2, 0.25) is 0 Å². The third kappa shape index (κ3) is 4.67. The number of carbonyl (C=O) groups is 2. The lowest BCUT2D eigenvalue weighted by molar-refractivity contribution is -0.137. The first-order chi connectivity index (χ1) is 11.1. The topological polar surface area (TPSA) is 47.1 Å². The maximum atomic E-state index is 12.5. The molecule has 0 bridgehead atoms. The van der Waals surface area contributed by atoms with Crippen molar-refractivity contribution in [1.29, 1.82) is 0 Å². The number of carbonyl (C=O) groups excluding carboxylic acids is 2. The van der Waals surface area contributed by atoms with Crippen molar-refractivity contribution in [3.63, 3.8) is 0 Å². The molecule has 2 rings (SSSR count). The summed E-state index contributed by atoms with van der Waals surface area (Å²) in [7, 11) is 0. The Hall–Kier alpha value is -1.14. The number of amides is 2. The van der Waals surface area contributed by atoms with Gasteiger partial charge in [0.05, 0.1) is 12.6 Å². The van der Waals surface area contributed by atoms with Gasteiger partial charge in [-0.25, -0.2) is 0 Å². The van der Waals surface area contributed by atoms with Crippen LogP contribution in [0.15, 0.2) is 0 Å². The monoisotopic (exact) mass is 324 g/mol. The molecule has 0 saturated carbocycles. The predicted molar refractivity (Wildman–Crippen MR) is 91.2 cm³/mol. The molecule has 1 unspecified atom stereocenters. The minimum Gasteiger partial charge on any atom is -0.342 e. The quantitative estimate of drug-likeness (QED) is 0.713. The smallest absolute Gasteiger partial charge is 0.239 e. The molecule has 23 heavy (non-hydrogen) atoms. The van der Waals surface area contributed by atoms with Crippen molar-refractivity contribution in [3.8, 4) is 0 Å². The maximum absolute atomic E-state index is 12.5. The lowest BCUT2D eigenvalue weighted by atomic mass is 10.2. The van der Waals surface area contributed by atoms with Crippen LogP contribution in [0, 0.1) is 0 Å². The Morgan fingerprint density at radius 2 is 1.52 bits per heavy atom. The molecule has 0 N–H and O–H groups in total. The SMILES string of the molecule is CCN(CC)C(=O)CN1CCN(C(C)C(=O)N2CCCC2)CC1. The van der Waals surface area contributed by atoms with Gasteiger partial charge in [0, 0.05) is 52.4 Å². The highest BCUT2D eigenvalue weighted by Gasteiger charge is 2.30. The molecular weight excluding hydrogens is 292 g/mol.